The van der Waals surface area contributed by atoms with Gasteiger partial charge in [-0.3, -0.25) is 29.1 Å². The molecule has 8 N–H and O–H groups in total. The number of nitrogens with zero attached hydrogens (tertiary/aromatic N) is 8. The molecule has 4 aromatic heterocycles. The van der Waals surface area contributed by atoms with Crippen molar-refractivity contribution in [3.63, 3.8) is 0 Å². The molecule has 0 saturated heterocycles. The Labute approximate surface area is 305 Å². The zero-order valence-corrected chi connectivity index (χ0v) is 30.3. The number of aliphatic hydroxyl groups excluding tert-OH is 1. The summed E-state index contributed by atoms with van der Waals surface area (Å²) in [6, 6.07) is 13.9. The van der Waals surface area contributed by atoms with Gasteiger partial charge in [0.05, 0.1) is 39.1 Å². The largest absolute Gasteiger partial charge is 0.368 e. The Balaban J connectivity index is 1.27. The second-order valence-corrected chi connectivity index (χ2v) is 12.7. The lowest BCUT2D eigenvalue weighted by Crippen LogP contribution is -2.28. The minimum atomic E-state index is -1.10. The molecule has 0 saturated carbocycles. The summed E-state index contributed by atoms with van der Waals surface area (Å²) in [4.78, 5) is 47.6. The summed E-state index contributed by atoms with van der Waals surface area (Å²) >= 11 is 0. The number of fused-ring (bicyclic) bond motifs is 2. The number of carbonyl (C=O) groups excluding carboxylic acids is 3. The van der Waals surface area contributed by atoms with E-state index in [4.69, 9.17) is 21.4 Å². The lowest BCUT2D eigenvalue weighted by Gasteiger charge is -2.17. The zero-order valence-electron chi connectivity index (χ0n) is 30.3. The first-order chi connectivity index (χ1) is 25.5. The number of aliphatic hydroxyl groups is 1. The molecule has 0 aliphatic rings. The van der Waals surface area contributed by atoms with Crippen molar-refractivity contribution in [2.45, 2.75) is 72.9 Å². The Morgan fingerprint density at radius 1 is 0.792 bits per heavy atom. The summed E-state index contributed by atoms with van der Waals surface area (Å²) in [6.07, 6.45) is 0.219. The number of nitrogens with one attached hydrogen (secondary N) is 3. The molecule has 17 nitrogen and oxygen atoms in total. The predicted octanol–water partition coefficient (Wildman–Crippen LogP) is 3.06. The number of aryl methyl sites for hydroxylation is 6. The highest BCUT2D eigenvalue weighted by atomic mass is 16.3. The predicted molar refractivity (Wildman–Crippen MR) is 200 cm³/mol. The fraction of sp³-hybridized carbons (Fsp3) is 0.361. The minimum Gasteiger partial charge on any atom is -0.368 e. The van der Waals surface area contributed by atoms with Gasteiger partial charge in [0.2, 0.25) is 17.8 Å². The summed E-state index contributed by atoms with van der Waals surface area (Å²) in [6.45, 7) is 10.3. The van der Waals surface area contributed by atoms with Crippen molar-refractivity contribution in [2.75, 3.05) is 23.7 Å². The second kappa shape index (κ2) is 15.7. The Kier molecular flexibility index (Phi) is 10.9. The van der Waals surface area contributed by atoms with Crippen molar-refractivity contribution in [1.29, 1.82) is 0 Å². The van der Waals surface area contributed by atoms with Crippen LogP contribution in [-0.2, 0) is 26.2 Å². The number of amides is 3. The highest BCUT2D eigenvalue weighted by Gasteiger charge is 2.21. The summed E-state index contributed by atoms with van der Waals surface area (Å²) in [7, 11) is 0. The van der Waals surface area contributed by atoms with Gasteiger partial charge in [0, 0.05) is 50.4 Å². The number of unbranched alkanes of at least 4 members (excludes halogenated alkanes) is 1. The van der Waals surface area contributed by atoms with Crippen LogP contribution in [0.4, 0.5) is 11.9 Å². The van der Waals surface area contributed by atoms with E-state index in [0.717, 1.165) is 22.4 Å². The number of nitrogens with two attached hydrogens (primary N) is 2. The number of aromatic nitrogens is 8. The van der Waals surface area contributed by atoms with E-state index in [2.05, 4.69) is 26.1 Å². The van der Waals surface area contributed by atoms with Crippen molar-refractivity contribution >= 4 is 51.7 Å². The zero-order chi connectivity index (χ0) is 37.8. The van der Waals surface area contributed by atoms with Gasteiger partial charge in [-0.2, -0.15) is 10.2 Å². The molecule has 3 amide bonds. The SMILES string of the molecule is CCn1nc(C)cc1C(=O)Nc1nc2cc(C(=O)NCCN)ccc2n1CCCCn1c(NC(O)c2cc(C)nn2CC)nc2cc(C(N)=O)ccc21. The number of primary amides is 1. The van der Waals surface area contributed by atoms with Crippen LogP contribution in [0, 0.1) is 13.8 Å². The van der Waals surface area contributed by atoms with Gasteiger partial charge in [-0.15, -0.1) is 0 Å². The van der Waals surface area contributed by atoms with Gasteiger partial charge in [0.25, 0.3) is 11.8 Å². The Morgan fingerprint density at radius 3 is 2.02 bits per heavy atom. The molecule has 6 rings (SSSR count). The standard InChI is InChI=1S/C36H45N13O4/c1-5-48-29(17-21(3)44-48)33(52)42-35-40-25-19-23(31(38)50)9-11-27(25)46(35)15-7-8-16-47-28-12-10-24(32(51)39-14-13-37)20-26(28)41-36(47)43-34(53)30-18-22(4)45-49(30)6-2/h9-12,17-20,33,52H,5-8,13-16,37H2,1-4H3,(H2,38,50)(H,39,51)(H,40,42)(H,41,43,53). The minimum absolute atomic E-state index is 0.265. The lowest BCUT2D eigenvalue weighted by molar-refractivity contribution is 0.0952. The van der Waals surface area contributed by atoms with Crippen LogP contribution in [0.5, 0.6) is 0 Å². The third-order valence-corrected chi connectivity index (χ3v) is 8.92. The average Bonchev–Trinajstić information content (AvgIpc) is 3.90. The van der Waals surface area contributed by atoms with Crippen LogP contribution in [-0.4, -0.2) is 74.6 Å². The molecule has 0 fully saturated rings. The normalized spacial score (nSPS) is 12.0. The molecule has 53 heavy (non-hydrogen) atoms. The maximum Gasteiger partial charge on any atom is 0.276 e. The van der Waals surface area contributed by atoms with E-state index in [9.17, 15) is 19.5 Å². The van der Waals surface area contributed by atoms with Crippen LogP contribution >= 0.6 is 0 Å². The monoisotopic (exact) mass is 723 g/mol. The molecule has 17 heteroatoms. The van der Waals surface area contributed by atoms with Gasteiger partial charge in [-0.25, -0.2) is 9.97 Å². The third-order valence-electron chi connectivity index (χ3n) is 8.92. The van der Waals surface area contributed by atoms with E-state index >= 15 is 0 Å². The van der Waals surface area contributed by atoms with Crippen molar-refractivity contribution in [3.05, 3.63) is 82.4 Å². The van der Waals surface area contributed by atoms with Gasteiger partial charge in [-0.1, -0.05) is 0 Å². The van der Waals surface area contributed by atoms with Crippen molar-refractivity contribution in [2.24, 2.45) is 11.5 Å². The molecule has 2 aromatic carbocycles. The van der Waals surface area contributed by atoms with Crippen LogP contribution < -0.4 is 27.4 Å². The fourth-order valence-corrected chi connectivity index (χ4v) is 6.41. The van der Waals surface area contributed by atoms with Gasteiger partial charge >= 0.3 is 0 Å². The topological polar surface area (TPSA) is 231 Å². The molecule has 4 heterocycles. The number of rotatable bonds is 16. The molecule has 1 atom stereocenters. The molecule has 0 bridgehead atoms. The van der Waals surface area contributed by atoms with E-state index in [1.54, 1.807) is 45.8 Å². The smallest absolute Gasteiger partial charge is 0.276 e. The van der Waals surface area contributed by atoms with E-state index in [1.807, 2.05) is 49.0 Å². The molecule has 0 aliphatic heterocycles. The number of hydrogen-bond donors (Lipinski definition) is 6. The van der Waals surface area contributed by atoms with E-state index in [0.29, 0.717) is 97.6 Å². The van der Waals surface area contributed by atoms with E-state index in [1.165, 1.54) is 0 Å². The number of benzene rings is 2. The first-order valence-electron chi connectivity index (χ1n) is 17.6. The molecular weight excluding hydrogens is 678 g/mol. The molecule has 6 aromatic rings. The first-order valence-corrected chi connectivity index (χ1v) is 17.6. The summed E-state index contributed by atoms with van der Waals surface area (Å²) in [5.41, 5.74) is 17.0. The average molecular weight is 724 g/mol. The maximum atomic E-state index is 13.5. The van der Waals surface area contributed by atoms with E-state index < -0.39 is 12.1 Å². The van der Waals surface area contributed by atoms with Gasteiger partial charge in [-0.05, 0) is 89.1 Å². The highest BCUT2D eigenvalue weighted by Crippen LogP contribution is 2.27. The number of imidazole rings is 2. The third kappa shape index (κ3) is 7.75. The Hall–Kier alpha value is -6.07. The van der Waals surface area contributed by atoms with Crippen LogP contribution in [0.2, 0.25) is 0 Å². The Morgan fingerprint density at radius 2 is 1.38 bits per heavy atom. The molecule has 278 valence electrons. The second-order valence-electron chi connectivity index (χ2n) is 12.7. The van der Waals surface area contributed by atoms with Crippen molar-refractivity contribution in [3.8, 4) is 0 Å². The summed E-state index contributed by atoms with van der Waals surface area (Å²) < 4.78 is 7.25. The summed E-state index contributed by atoms with van der Waals surface area (Å²) in [5, 5.41) is 29.0. The molecule has 0 aliphatic carbocycles. The van der Waals surface area contributed by atoms with E-state index in [-0.39, 0.29) is 11.8 Å². The molecule has 0 radical (unpaired) electrons. The number of anilines is 2. The maximum absolute atomic E-state index is 13.5. The number of carbonyl (C=O) groups is 3. The molecule has 0 spiro atoms. The van der Waals surface area contributed by atoms with Gasteiger partial charge in [0.15, 0.2) is 6.23 Å². The fourth-order valence-electron chi connectivity index (χ4n) is 6.41. The van der Waals surface area contributed by atoms with Gasteiger partial charge in [0.1, 0.15) is 5.69 Å². The van der Waals surface area contributed by atoms with Gasteiger partial charge < -0.3 is 36.3 Å². The summed E-state index contributed by atoms with van der Waals surface area (Å²) in [5.74, 6) is -0.421. The van der Waals surface area contributed by atoms with Crippen molar-refractivity contribution in [1.82, 2.24) is 44.0 Å². The molecular formula is C36H45N13O4. The van der Waals surface area contributed by atoms with Crippen molar-refractivity contribution < 1.29 is 19.5 Å². The number of hydrogen-bond acceptors (Lipinski definition) is 10. The quantitative estimate of drug-likeness (QED) is 0.0631. The first kappa shape index (κ1) is 36.7. The lowest BCUT2D eigenvalue weighted by atomic mass is 10.2. The van der Waals surface area contributed by atoms with Crippen LogP contribution in [0.25, 0.3) is 22.1 Å². The van der Waals surface area contributed by atoms with Crippen LogP contribution in [0.3, 0.4) is 0 Å². The Bertz CT molecular complexity index is 2300. The van der Waals surface area contributed by atoms with Crippen LogP contribution in [0.15, 0.2) is 48.5 Å². The molecule has 1 unspecified atom stereocenters. The van der Waals surface area contributed by atoms with Crippen LogP contribution in [0.1, 0.15) is 81.2 Å². The highest BCUT2D eigenvalue weighted by molar-refractivity contribution is 6.03.